The van der Waals surface area contributed by atoms with Crippen LogP contribution < -0.4 is 5.69 Å². The van der Waals surface area contributed by atoms with Gasteiger partial charge in [0.25, 0.3) is 0 Å². The van der Waals surface area contributed by atoms with Crippen LogP contribution in [0.5, 0.6) is 0 Å². The van der Waals surface area contributed by atoms with Crippen LogP contribution in [0, 0.1) is 24.1 Å². The number of aryl methyl sites for hydroxylation is 1. The van der Waals surface area contributed by atoms with Gasteiger partial charge in [-0.25, -0.2) is 9.18 Å². The average molecular weight is 243 g/mol. The van der Waals surface area contributed by atoms with E-state index in [9.17, 15) is 9.18 Å². The minimum atomic E-state index is -0.443. The molecule has 0 radical (unpaired) electrons. The second-order valence-electron chi connectivity index (χ2n) is 3.90. The highest BCUT2D eigenvalue weighted by Gasteiger charge is 2.06. The van der Waals surface area contributed by atoms with E-state index in [0.29, 0.717) is 16.8 Å². The second-order valence-corrected chi connectivity index (χ2v) is 3.90. The van der Waals surface area contributed by atoms with Crippen LogP contribution in [0.2, 0.25) is 0 Å². The Bertz CT molecular complexity index is 685. The third-order valence-corrected chi connectivity index (χ3v) is 2.53. The smallest absolute Gasteiger partial charge is 0.295 e. The molecule has 1 aromatic carbocycles. The van der Waals surface area contributed by atoms with Crippen molar-refractivity contribution in [2.75, 3.05) is 0 Å². The number of hydrogen-bond donors (Lipinski definition) is 0. The fourth-order valence-electron chi connectivity index (χ4n) is 1.58. The number of nitrogens with zero attached hydrogens (tertiary/aromatic N) is 3. The fourth-order valence-corrected chi connectivity index (χ4v) is 1.58. The molecule has 0 amide bonds. The number of benzene rings is 1. The minimum Gasteiger partial charge on any atom is -0.295 e. The van der Waals surface area contributed by atoms with Crippen molar-refractivity contribution < 1.29 is 4.39 Å². The molecule has 18 heavy (non-hydrogen) atoms. The summed E-state index contributed by atoms with van der Waals surface area (Å²) in [6, 6.07) is 7.66. The maximum absolute atomic E-state index is 13.6. The van der Waals surface area contributed by atoms with E-state index >= 15 is 0 Å². The van der Waals surface area contributed by atoms with Crippen LogP contribution in [0.1, 0.15) is 16.8 Å². The van der Waals surface area contributed by atoms with Crippen molar-refractivity contribution >= 4 is 0 Å². The Morgan fingerprint density at radius 3 is 2.89 bits per heavy atom. The molecule has 0 aliphatic rings. The van der Waals surface area contributed by atoms with E-state index in [-0.39, 0.29) is 6.54 Å². The Morgan fingerprint density at radius 1 is 1.44 bits per heavy atom. The molecule has 0 aliphatic carbocycles. The SMILES string of the molecule is Cc1ccn(Cc2cc(C#N)ccc2F)c(=O)n1. The van der Waals surface area contributed by atoms with Gasteiger partial charge in [-0.05, 0) is 31.2 Å². The first-order valence-corrected chi connectivity index (χ1v) is 5.33. The van der Waals surface area contributed by atoms with Crippen molar-refractivity contribution in [1.29, 1.82) is 5.26 Å². The van der Waals surface area contributed by atoms with Crippen molar-refractivity contribution in [3.05, 3.63) is 63.6 Å². The van der Waals surface area contributed by atoms with Crippen LogP contribution in [-0.4, -0.2) is 9.55 Å². The summed E-state index contributed by atoms with van der Waals surface area (Å²) >= 11 is 0. The molecule has 90 valence electrons. The number of halogens is 1. The van der Waals surface area contributed by atoms with E-state index in [2.05, 4.69) is 4.98 Å². The van der Waals surface area contributed by atoms with Gasteiger partial charge in [0.2, 0.25) is 0 Å². The van der Waals surface area contributed by atoms with Gasteiger partial charge in [-0.15, -0.1) is 0 Å². The zero-order valence-electron chi connectivity index (χ0n) is 9.72. The van der Waals surface area contributed by atoms with Crippen LogP contribution in [-0.2, 0) is 6.54 Å². The van der Waals surface area contributed by atoms with E-state index in [1.807, 2.05) is 6.07 Å². The monoisotopic (exact) mass is 243 g/mol. The highest BCUT2D eigenvalue weighted by atomic mass is 19.1. The van der Waals surface area contributed by atoms with E-state index in [0.717, 1.165) is 0 Å². The molecule has 2 aromatic rings. The van der Waals surface area contributed by atoms with E-state index in [4.69, 9.17) is 5.26 Å². The summed E-state index contributed by atoms with van der Waals surface area (Å²) in [6.45, 7) is 1.77. The maximum atomic E-state index is 13.6. The van der Waals surface area contributed by atoms with Gasteiger partial charge in [0.05, 0.1) is 18.2 Å². The first-order valence-electron chi connectivity index (χ1n) is 5.33. The molecule has 4 nitrogen and oxygen atoms in total. The Morgan fingerprint density at radius 2 is 2.22 bits per heavy atom. The number of rotatable bonds is 2. The highest BCUT2D eigenvalue weighted by molar-refractivity contribution is 5.33. The first kappa shape index (κ1) is 12.0. The van der Waals surface area contributed by atoms with Crippen LogP contribution in [0.15, 0.2) is 35.3 Å². The third kappa shape index (κ3) is 2.43. The summed E-state index contributed by atoms with van der Waals surface area (Å²) in [4.78, 5) is 15.3. The first-order chi connectivity index (χ1) is 8.60. The highest BCUT2D eigenvalue weighted by Crippen LogP contribution is 2.11. The van der Waals surface area contributed by atoms with Gasteiger partial charge in [0.1, 0.15) is 5.82 Å². The lowest BCUT2D eigenvalue weighted by atomic mass is 10.1. The molecule has 1 aromatic heterocycles. The number of nitriles is 1. The van der Waals surface area contributed by atoms with E-state index in [1.54, 1.807) is 19.2 Å². The van der Waals surface area contributed by atoms with Gasteiger partial charge in [-0.1, -0.05) is 0 Å². The molecule has 0 saturated carbocycles. The third-order valence-electron chi connectivity index (χ3n) is 2.53. The molecule has 0 spiro atoms. The van der Waals surface area contributed by atoms with Crippen molar-refractivity contribution in [2.24, 2.45) is 0 Å². The Balaban J connectivity index is 2.40. The van der Waals surface area contributed by atoms with Crippen LogP contribution in [0.3, 0.4) is 0 Å². The zero-order chi connectivity index (χ0) is 13.1. The summed E-state index contributed by atoms with van der Waals surface area (Å²) in [5.41, 5.74) is 0.834. The lowest BCUT2D eigenvalue weighted by molar-refractivity contribution is 0.592. The molecule has 1 heterocycles. The van der Waals surface area contributed by atoms with Gasteiger partial charge in [0, 0.05) is 17.5 Å². The summed E-state index contributed by atoms with van der Waals surface area (Å²) in [5, 5.41) is 8.76. The summed E-state index contributed by atoms with van der Waals surface area (Å²) in [6.07, 6.45) is 1.56. The lowest BCUT2D eigenvalue weighted by Crippen LogP contribution is -2.23. The fraction of sp³-hybridized carbons (Fsp3) is 0.154. The molecule has 0 N–H and O–H groups in total. The largest absolute Gasteiger partial charge is 0.348 e. The molecule has 0 unspecified atom stereocenters. The van der Waals surface area contributed by atoms with Gasteiger partial charge in [0.15, 0.2) is 0 Å². The van der Waals surface area contributed by atoms with Crippen molar-refractivity contribution in [3.8, 4) is 6.07 Å². The molecule has 5 heteroatoms. The van der Waals surface area contributed by atoms with Crippen molar-refractivity contribution in [1.82, 2.24) is 9.55 Å². The predicted octanol–water partition coefficient (Wildman–Crippen LogP) is 1.61. The molecule has 0 aliphatic heterocycles. The molecule has 0 bridgehead atoms. The number of hydrogen-bond acceptors (Lipinski definition) is 3. The topological polar surface area (TPSA) is 58.7 Å². The van der Waals surface area contributed by atoms with Crippen LogP contribution >= 0.6 is 0 Å². The van der Waals surface area contributed by atoms with Crippen molar-refractivity contribution in [2.45, 2.75) is 13.5 Å². The molecule has 2 rings (SSSR count). The van der Waals surface area contributed by atoms with Gasteiger partial charge >= 0.3 is 5.69 Å². The Kier molecular flexibility index (Phi) is 3.20. The maximum Gasteiger partial charge on any atom is 0.348 e. The summed E-state index contributed by atoms with van der Waals surface area (Å²) < 4.78 is 14.9. The average Bonchev–Trinajstić information content (AvgIpc) is 2.35. The van der Waals surface area contributed by atoms with Crippen LogP contribution in [0.25, 0.3) is 0 Å². The number of aromatic nitrogens is 2. The van der Waals surface area contributed by atoms with Crippen LogP contribution in [0.4, 0.5) is 4.39 Å². The van der Waals surface area contributed by atoms with Gasteiger partial charge in [-0.2, -0.15) is 10.2 Å². The standard InChI is InChI=1S/C13H10FN3O/c1-9-4-5-17(13(18)16-9)8-11-6-10(7-15)2-3-12(11)14/h2-6H,8H2,1H3. The molecule has 0 atom stereocenters. The molecule has 0 saturated heterocycles. The molecule has 0 fully saturated rings. The van der Waals surface area contributed by atoms with E-state index < -0.39 is 11.5 Å². The summed E-state index contributed by atoms with van der Waals surface area (Å²) in [5.74, 6) is -0.443. The Hall–Kier alpha value is -2.48. The Labute approximate surface area is 103 Å². The van der Waals surface area contributed by atoms with Crippen molar-refractivity contribution in [3.63, 3.8) is 0 Å². The minimum absolute atomic E-state index is 0.0630. The van der Waals surface area contributed by atoms with Gasteiger partial charge < -0.3 is 0 Å². The zero-order valence-corrected chi connectivity index (χ0v) is 9.72. The van der Waals surface area contributed by atoms with Gasteiger partial charge in [-0.3, -0.25) is 4.57 Å². The lowest BCUT2D eigenvalue weighted by Gasteiger charge is -2.06. The predicted molar refractivity (Wildman–Crippen MR) is 63.5 cm³/mol. The summed E-state index contributed by atoms with van der Waals surface area (Å²) in [7, 11) is 0. The van der Waals surface area contributed by atoms with E-state index in [1.165, 1.54) is 22.8 Å². The molecular formula is C13H10FN3O. The molecular weight excluding hydrogens is 233 g/mol. The quantitative estimate of drug-likeness (QED) is 0.805. The normalized spacial score (nSPS) is 10.1. The second kappa shape index (κ2) is 4.80.